The lowest BCUT2D eigenvalue weighted by Crippen LogP contribution is -2.09. The molecule has 3 aromatic heterocycles. The molecule has 8 heteroatoms. The van der Waals surface area contributed by atoms with E-state index in [1.807, 2.05) is 30.3 Å². The van der Waals surface area contributed by atoms with Gasteiger partial charge < -0.3 is 14.6 Å². The second kappa shape index (κ2) is 9.71. The molecule has 0 unspecified atom stereocenters. The van der Waals surface area contributed by atoms with Crippen LogP contribution in [0.5, 0.6) is 0 Å². The first-order chi connectivity index (χ1) is 14.7. The molecule has 0 saturated heterocycles. The summed E-state index contributed by atoms with van der Waals surface area (Å²) in [4.78, 5) is 8.63. The maximum absolute atomic E-state index is 6.26. The van der Waals surface area contributed by atoms with Crippen molar-refractivity contribution in [1.29, 1.82) is 0 Å². The van der Waals surface area contributed by atoms with Crippen molar-refractivity contribution in [2.45, 2.75) is 6.42 Å². The van der Waals surface area contributed by atoms with Crippen LogP contribution in [-0.4, -0.2) is 28.5 Å². The van der Waals surface area contributed by atoms with Gasteiger partial charge in [0, 0.05) is 41.8 Å². The third-order valence-electron chi connectivity index (χ3n) is 4.35. The lowest BCUT2D eigenvalue weighted by atomic mass is 10.1. The SMILES string of the molecule is Clc1cccc(Cl)c1-c1cc(-c2cc(NCOCCc3ccccn3)ccn2)on1. The van der Waals surface area contributed by atoms with Crippen molar-refractivity contribution in [2.75, 3.05) is 18.7 Å². The Morgan fingerprint density at radius 3 is 2.57 bits per heavy atom. The fourth-order valence-corrected chi connectivity index (χ4v) is 3.45. The molecule has 0 bridgehead atoms. The minimum atomic E-state index is 0.368. The van der Waals surface area contributed by atoms with Crippen LogP contribution in [0.1, 0.15) is 5.69 Å². The molecular weight excluding hydrogens is 423 g/mol. The lowest BCUT2D eigenvalue weighted by Gasteiger charge is -2.08. The highest BCUT2D eigenvalue weighted by Gasteiger charge is 2.15. The summed E-state index contributed by atoms with van der Waals surface area (Å²) in [5, 5.41) is 8.32. The first-order valence-corrected chi connectivity index (χ1v) is 10.1. The summed E-state index contributed by atoms with van der Waals surface area (Å²) in [6, 6.07) is 16.6. The number of halogens is 2. The Morgan fingerprint density at radius 1 is 0.900 bits per heavy atom. The highest BCUT2D eigenvalue weighted by Crippen LogP contribution is 2.35. The maximum atomic E-state index is 6.26. The van der Waals surface area contributed by atoms with E-state index >= 15 is 0 Å². The van der Waals surface area contributed by atoms with E-state index in [0.717, 1.165) is 17.8 Å². The van der Waals surface area contributed by atoms with Gasteiger partial charge in [0.1, 0.15) is 18.1 Å². The van der Waals surface area contributed by atoms with Gasteiger partial charge in [0.15, 0.2) is 5.76 Å². The molecule has 0 saturated carbocycles. The Kier molecular flexibility index (Phi) is 6.59. The van der Waals surface area contributed by atoms with Gasteiger partial charge in [-0.05, 0) is 36.4 Å². The predicted octanol–water partition coefficient (Wildman–Crippen LogP) is 5.73. The van der Waals surface area contributed by atoms with E-state index in [0.29, 0.717) is 46.1 Å². The molecule has 4 aromatic rings. The lowest BCUT2D eigenvalue weighted by molar-refractivity contribution is 0.155. The molecule has 1 N–H and O–H groups in total. The number of anilines is 1. The van der Waals surface area contributed by atoms with Crippen LogP contribution in [0.3, 0.4) is 0 Å². The molecule has 1 aromatic carbocycles. The largest absolute Gasteiger partial charge is 0.363 e. The fraction of sp³-hybridized carbons (Fsp3) is 0.136. The number of aromatic nitrogens is 3. The van der Waals surface area contributed by atoms with Gasteiger partial charge in [-0.2, -0.15) is 0 Å². The molecular formula is C22H18Cl2N4O2. The highest BCUT2D eigenvalue weighted by atomic mass is 35.5. The zero-order chi connectivity index (χ0) is 20.8. The Morgan fingerprint density at radius 2 is 1.77 bits per heavy atom. The van der Waals surface area contributed by atoms with Crippen molar-refractivity contribution in [3.8, 4) is 22.7 Å². The molecule has 0 fully saturated rings. The summed E-state index contributed by atoms with van der Waals surface area (Å²) in [6.07, 6.45) is 4.23. The molecule has 0 atom stereocenters. The van der Waals surface area contributed by atoms with E-state index in [1.54, 1.807) is 36.7 Å². The summed E-state index contributed by atoms with van der Waals surface area (Å²) in [7, 11) is 0. The van der Waals surface area contributed by atoms with E-state index in [-0.39, 0.29) is 0 Å². The Bertz CT molecular complexity index is 1100. The average Bonchev–Trinajstić information content (AvgIpc) is 3.24. The molecule has 0 radical (unpaired) electrons. The van der Waals surface area contributed by atoms with Gasteiger partial charge in [-0.1, -0.05) is 40.5 Å². The number of nitrogens with one attached hydrogen (secondary N) is 1. The first-order valence-electron chi connectivity index (χ1n) is 9.30. The van der Waals surface area contributed by atoms with Crippen LogP contribution in [-0.2, 0) is 11.2 Å². The van der Waals surface area contributed by atoms with Crippen molar-refractivity contribution in [3.63, 3.8) is 0 Å². The molecule has 0 amide bonds. The third kappa shape index (κ3) is 4.97. The Balaban J connectivity index is 1.37. The number of hydrogen-bond acceptors (Lipinski definition) is 6. The summed E-state index contributed by atoms with van der Waals surface area (Å²) >= 11 is 12.5. The number of hydrogen-bond donors (Lipinski definition) is 1. The van der Waals surface area contributed by atoms with Crippen LogP contribution in [0.4, 0.5) is 5.69 Å². The summed E-state index contributed by atoms with van der Waals surface area (Å²) < 4.78 is 11.1. The van der Waals surface area contributed by atoms with E-state index in [4.69, 9.17) is 32.5 Å². The number of benzene rings is 1. The van der Waals surface area contributed by atoms with Crippen molar-refractivity contribution in [2.24, 2.45) is 0 Å². The van der Waals surface area contributed by atoms with Gasteiger partial charge >= 0.3 is 0 Å². The Hall–Kier alpha value is -2.93. The predicted molar refractivity (Wildman–Crippen MR) is 118 cm³/mol. The number of rotatable bonds is 8. The Labute approximate surface area is 183 Å². The number of nitrogens with zero attached hydrogens (tertiary/aromatic N) is 3. The standard InChI is InChI=1S/C22H18Cl2N4O2/c23-17-5-3-6-18(24)22(17)20-13-21(30-28-20)19-12-16(7-10-26-19)27-14-29-11-8-15-4-1-2-9-25-15/h1-7,9-10,12-13H,8,11,14H2,(H,26,27). The smallest absolute Gasteiger partial charge is 0.185 e. The zero-order valence-electron chi connectivity index (χ0n) is 15.9. The third-order valence-corrected chi connectivity index (χ3v) is 4.98. The van der Waals surface area contributed by atoms with Crippen LogP contribution in [0, 0.1) is 0 Å². The minimum Gasteiger partial charge on any atom is -0.363 e. The van der Waals surface area contributed by atoms with Crippen LogP contribution >= 0.6 is 23.2 Å². The highest BCUT2D eigenvalue weighted by molar-refractivity contribution is 6.39. The summed E-state index contributed by atoms with van der Waals surface area (Å²) in [5.41, 5.74) is 3.68. The van der Waals surface area contributed by atoms with Crippen molar-refractivity contribution < 1.29 is 9.26 Å². The minimum absolute atomic E-state index is 0.368. The summed E-state index contributed by atoms with van der Waals surface area (Å²) in [6.45, 7) is 0.944. The van der Waals surface area contributed by atoms with Crippen molar-refractivity contribution in [1.82, 2.24) is 15.1 Å². The summed E-state index contributed by atoms with van der Waals surface area (Å²) in [5.74, 6) is 0.515. The fourth-order valence-electron chi connectivity index (χ4n) is 2.86. The number of pyridine rings is 2. The van der Waals surface area contributed by atoms with Crippen LogP contribution in [0.2, 0.25) is 10.0 Å². The molecule has 30 heavy (non-hydrogen) atoms. The zero-order valence-corrected chi connectivity index (χ0v) is 17.4. The molecule has 0 aliphatic rings. The normalized spacial score (nSPS) is 10.9. The molecule has 0 spiro atoms. The van der Waals surface area contributed by atoms with E-state index in [9.17, 15) is 0 Å². The van der Waals surface area contributed by atoms with Crippen LogP contribution in [0.25, 0.3) is 22.7 Å². The maximum Gasteiger partial charge on any atom is 0.185 e. The van der Waals surface area contributed by atoms with Crippen molar-refractivity contribution in [3.05, 3.63) is 82.7 Å². The van der Waals surface area contributed by atoms with E-state index in [1.165, 1.54) is 0 Å². The van der Waals surface area contributed by atoms with Crippen LogP contribution < -0.4 is 5.32 Å². The van der Waals surface area contributed by atoms with Gasteiger partial charge in [-0.3, -0.25) is 9.97 Å². The first kappa shape index (κ1) is 20.3. The average molecular weight is 441 g/mol. The second-order valence-corrected chi connectivity index (χ2v) is 7.22. The van der Waals surface area contributed by atoms with E-state index in [2.05, 4.69) is 20.4 Å². The van der Waals surface area contributed by atoms with E-state index < -0.39 is 0 Å². The van der Waals surface area contributed by atoms with Gasteiger partial charge in [0.05, 0.1) is 16.7 Å². The van der Waals surface area contributed by atoms with Gasteiger partial charge in [-0.25, -0.2) is 0 Å². The molecule has 3 heterocycles. The molecule has 6 nitrogen and oxygen atoms in total. The van der Waals surface area contributed by atoms with Gasteiger partial charge in [0.2, 0.25) is 0 Å². The molecule has 4 rings (SSSR count). The number of ether oxygens (including phenoxy) is 1. The molecule has 0 aliphatic heterocycles. The quantitative estimate of drug-likeness (QED) is 0.278. The monoisotopic (exact) mass is 440 g/mol. The topological polar surface area (TPSA) is 73.1 Å². The van der Waals surface area contributed by atoms with Gasteiger partial charge in [-0.15, -0.1) is 0 Å². The van der Waals surface area contributed by atoms with Gasteiger partial charge in [0.25, 0.3) is 0 Å². The molecule has 0 aliphatic carbocycles. The second-order valence-electron chi connectivity index (χ2n) is 6.40. The van der Waals surface area contributed by atoms with Crippen LogP contribution in [0.15, 0.2) is 71.5 Å². The van der Waals surface area contributed by atoms with Crippen molar-refractivity contribution >= 4 is 28.9 Å². The molecule has 152 valence electrons.